The van der Waals surface area contributed by atoms with Crippen LogP contribution in [0.25, 0.3) is 0 Å². The minimum atomic E-state index is -3.23. The molecule has 0 radical (unpaired) electrons. The molecule has 1 fully saturated rings. The first kappa shape index (κ1) is 14.9. The van der Waals surface area contributed by atoms with Crippen LogP contribution in [0.4, 0.5) is 4.39 Å². The van der Waals surface area contributed by atoms with Crippen molar-refractivity contribution < 1.29 is 17.6 Å². The Morgan fingerprint density at radius 2 is 2.00 bits per heavy atom. The van der Waals surface area contributed by atoms with E-state index in [9.17, 15) is 17.6 Å². The van der Waals surface area contributed by atoms with E-state index in [4.69, 9.17) is 0 Å². The van der Waals surface area contributed by atoms with Gasteiger partial charge >= 0.3 is 0 Å². The fourth-order valence-corrected chi connectivity index (χ4v) is 2.76. The molecule has 5 nitrogen and oxygen atoms in total. The second-order valence-corrected chi connectivity index (χ2v) is 6.92. The molecule has 1 heterocycles. The second-order valence-electron chi connectivity index (χ2n) is 5.09. The number of benzene rings is 1. The predicted octanol–water partition coefficient (Wildman–Crippen LogP) is 0.723. The fourth-order valence-electron chi connectivity index (χ4n) is 2.22. The monoisotopic (exact) mass is 300 g/mol. The summed E-state index contributed by atoms with van der Waals surface area (Å²) in [5.74, 6) is -0.330. The molecule has 1 N–H and O–H groups in total. The van der Waals surface area contributed by atoms with Crippen molar-refractivity contribution in [3.8, 4) is 0 Å². The van der Waals surface area contributed by atoms with E-state index < -0.39 is 10.0 Å². The van der Waals surface area contributed by atoms with E-state index in [1.165, 1.54) is 12.1 Å². The van der Waals surface area contributed by atoms with E-state index in [0.717, 1.165) is 11.8 Å². The number of rotatable bonds is 5. The Balaban J connectivity index is 1.91. The Hall–Kier alpha value is -1.47. The smallest absolute Gasteiger partial charge is 0.223 e. The Bertz CT molecular complexity index is 586. The Morgan fingerprint density at radius 3 is 2.60 bits per heavy atom. The molecule has 0 aromatic heterocycles. The molecule has 1 saturated heterocycles. The molecule has 0 aliphatic carbocycles. The van der Waals surface area contributed by atoms with Gasteiger partial charge in [-0.25, -0.2) is 17.5 Å². The largest absolute Gasteiger partial charge is 0.338 e. The molecule has 1 aliphatic rings. The number of hydrogen-bond acceptors (Lipinski definition) is 3. The topological polar surface area (TPSA) is 66.5 Å². The number of nitrogens with one attached hydrogen (secondary N) is 1. The first-order chi connectivity index (χ1) is 9.33. The second kappa shape index (κ2) is 5.88. The van der Waals surface area contributed by atoms with Crippen LogP contribution in [0.5, 0.6) is 0 Å². The molecular weight excluding hydrogens is 283 g/mol. The van der Waals surface area contributed by atoms with Crippen molar-refractivity contribution in [3.05, 3.63) is 35.6 Å². The Morgan fingerprint density at radius 1 is 1.35 bits per heavy atom. The standard InChI is InChI=1S/C13H17FN2O3S/c1-20(18,19)15-7-11-6-13(17)16(9-11)8-10-2-4-12(14)5-3-10/h2-5,11,15H,6-9H2,1H3/t11-/m1/s1. The van der Waals surface area contributed by atoms with Gasteiger partial charge in [0.2, 0.25) is 15.9 Å². The van der Waals surface area contributed by atoms with E-state index in [1.54, 1.807) is 17.0 Å². The number of likely N-dealkylation sites (tertiary alicyclic amines) is 1. The van der Waals surface area contributed by atoms with Crippen molar-refractivity contribution >= 4 is 15.9 Å². The Labute approximate surface area is 117 Å². The van der Waals surface area contributed by atoms with E-state index in [2.05, 4.69) is 4.72 Å². The number of halogens is 1. The molecule has 1 aromatic carbocycles. The lowest BCUT2D eigenvalue weighted by molar-refractivity contribution is -0.128. The van der Waals surface area contributed by atoms with Gasteiger partial charge in [-0.2, -0.15) is 0 Å². The van der Waals surface area contributed by atoms with Crippen LogP contribution >= 0.6 is 0 Å². The highest BCUT2D eigenvalue weighted by Gasteiger charge is 2.29. The highest BCUT2D eigenvalue weighted by Crippen LogP contribution is 2.19. The maximum atomic E-state index is 12.8. The number of hydrogen-bond donors (Lipinski definition) is 1. The summed E-state index contributed by atoms with van der Waals surface area (Å²) >= 11 is 0. The van der Waals surface area contributed by atoms with E-state index in [0.29, 0.717) is 19.5 Å². The van der Waals surface area contributed by atoms with Gasteiger partial charge in [-0.15, -0.1) is 0 Å². The summed E-state index contributed by atoms with van der Waals surface area (Å²) in [7, 11) is -3.23. The minimum absolute atomic E-state index is 0.00498. The zero-order valence-electron chi connectivity index (χ0n) is 11.2. The van der Waals surface area contributed by atoms with Crippen LogP contribution < -0.4 is 4.72 Å². The van der Waals surface area contributed by atoms with Crippen molar-refractivity contribution in [3.63, 3.8) is 0 Å². The summed E-state index contributed by atoms with van der Waals surface area (Å²) in [6.45, 7) is 1.21. The molecule has 7 heteroatoms. The van der Waals surface area contributed by atoms with Crippen LogP contribution in [-0.4, -0.2) is 38.6 Å². The van der Waals surface area contributed by atoms with E-state index in [-0.39, 0.29) is 24.2 Å². The zero-order valence-corrected chi connectivity index (χ0v) is 12.0. The summed E-state index contributed by atoms with van der Waals surface area (Å²) in [4.78, 5) is 13.5. The van der Waals surface area contributed by atoms with Crippen molar-refractivity contribution in [2.75, 3.05) is 19.3 Å². The molecule has 0 saturated carbocycles. The quantitative estimate of drug-likeness (QED) is 0.871. The maximum Gasteiger partial charge on any atom is 0.223 e. The average molecular weight is 300 g/mol. The maximum absolute atomic E-state index is 12.8. The molecule has 0 spiro atoms. The normalized spacial score (nSPS) is 19.6. The van der Waals surface area contributed by atoms with Gasteiger partial charge in [0.1, 0.15) is 5.82 Å². The van der Waals surface area contributed by atoms with Crippen molar-refractivity contribution in [1.82, 2.24) is 9.62 Å². The summed E-state index contributed by atoms with van der Waals surface area (Å²) in [6.07, 6.45) is 1.43. The summed E-state index contributed by atoms with van der Waals surface area (Å²) < 4.78 is 37.3. The average Bonchev–Trinajstić information content (AvgIpc) is 2.70. The number of amides is 1. The number of carbonyl (C=O) groups is 1. The molecule has 20 heavy (non-hydrogen) atoms. The lowest BCUT2D eigenvalue weighted by atomic mass is 10.1. The molecule has 1 atom stereocenters. The molecular formula is C13H17FN2O3S. The van der Waals surface area contributed by atoms with Crippen molar-refractivity contribution in [1.29, 1.82) is 0 Å². The molecule has 2 rings (SSSR count). The highest BCUT2D eigenvalue weighted by atomic mass is 32.2. The van der Waals surface area contributed by atoms with Crippen LogP contribution in [0.3, 0.4) is 0 Å². The van der Waals surface area contributed by atoms with Gasteiger partial charge in [0, 0.05) is 26.1 Å². The van der Waals surface area contributed by atoms with Crippen LogP contribution in [-0.2, 0) is 21.4 Å². The zero-order chi connectivity index (χ0) is 14.8. The van der Waals surface area contributed by atoms with Crippen LogP contribution in [0.1, 0.15) is 12.0 Å². The summed E-state index contributed by atoms with van der Waals surface area (Å²) in [6, 6.07) is 6.01. The van der Waals surface area contributed by atoms with Crippen LogP contribution in [0.15, 0.2) is 24.3 Å². The first-order valence-electron chi connectivity index (χ1n) is 6.30. The third-order valence-corrected chi connectivity index (χ3v) is 3.91. The number of nitrogens with zero attached hydrogens (tertiary/aromatic N) is 1. The van der Waals surface area contributed by atoms with E-state index in [1.807, 2.05) is 0 Å². The molecule has 1 aliphatic heterocycles. The van der Waals surface area contributed by atoms with Crippen LogP contribution in [0.2, 0.25) is 0 Å². The Kier molecular flexibility index (Phi) is 4.39. The van der Waals surface area contributed by atoms with Gasteiger partial charge in [-0.1, -0.05) is 12.1 Å². The van der Waals surface area contributed by atoms with Gasteiger partial charge in [-0.05, 0) is 23.6 Å². The predicted molar refractivity (Wildman–Crippen MR) is 72.8 cm³/mol. The third-order valence-electron chi connectivity index (χ3n) is 3.22. The van der Waals surface area contributed by atoms with Gasteiger partial charge < -0.3 is 4.90 Å². The lowest BCUT2D eigenvalue weighted by Gasteiger charge is -2.16. The summed E-state index contributed by atoms with van der Waals surface area (Å²) in [5, 5.41) is 0. The third kappa shape index (κ3) is 4.28. The molecule has 1 aromatic rings. The number of sulfonamides is 1. The van der Waals surface area contributed by atoms with Crippen molar-refractivity contribution in [2.45, 2.75) is 13.0 Å². The summed E-state index contributed by atoms with van der Waals surface area (Å²) in [5.41, 5.74) is 0.858. The lowest BCUT2D eigenvalue weighted by Crippen LogP contribution is -2.30. The molecule has 110 valence electrons. The molecule has 0 bridgehead atoms. The minimum Gasteiger partial charge on any atom is -0.338 e. The fraction of sp³-hybridized carbons (Fsp3) is 0.462. The van der Waals surface area contributed by atoms with Crippen molar-refractivity contribution in [2.24, 2.45) is 5.92 Å². The SMILES string of the molecule is CS(=O)(=O)NC[C@H]1CC(=O)N(Cc2ccc(F)cc2)C1. The number of carbonyl (C=O) groups excluding carboxylic acids is 1. The van der Waals surface area contributed by atoms with E-state index >= 15 is 0 Å². The molecule has 0 unspecified atom stereocenters. The molecule has 1 amide bonds. The van der Waals surface area contributed by atoms with Gasteiger partial charge in [0.05, 0.1) is 6.26 Å². The van der Waals surface area contributed by atoms with Gasteiger partial charge in [0.25, 0.3) is 0 Å². The van der Waals surface area contributed by atoms with Gasteiger partial charge in [0.15, 0.2) is 0 Å². The highest BCUT2D eigenvalue weighted by molar-refractivity contribution is 7.88. The first-order valence-corrected chi connectivity index (χ1v) is 8.19. The van der Waals surface area contributed by atoms with Gasteiger partial charge in [-0.3, -0.25) is 4.79 Å². The van der Waals surface area contributed by atoms with Crippen LogP contribution in [0, 0.1) is 11.7 Å².